The van der Waals surface area contributed by atoms with E-state index in [9.17, 15) is 9.90 Å². The molecule has 0 saturated carbocycles. The maximum Gasteiger partial charge on any atom is 0.273 e. The van der Waals surface area contributed by atoms with Gasteiger partial charge in [-0.3, -0.25) is 9.89 Å². The van der Waals surface area contributed by atoms with E-state index in [2.05, 4.69) is 24.0 Å². The van der Waals surface area contributed by atoms with Crippen LogP contribution in [0.4, 0.5) is 0 Å². The lowest BCUT2D eigenvalue weighted by atomic mass is 9.95. The molecule has 0 bridgehead atoms. The van der Waals surface area contributed by atoms with E-state index in [-0.39, 0.29) is 17.7 Å². The lowest BCUT2D eigenvalue weighted by Crippen LogP contribution is -2.30. The summed E-state index contributed by atoms with van der Waals surface area (Å²) in [5.41, 5.74) is 3.33. The molecule has 1 amide bonds. The Balaban J connectivity index is 1.71. The number of para-hydroxylation sites is 1. The third-order valence-electron chi connectivity index (χ3n) is 6.25. The van der Waals surface area contributed by atoms with E-state index < -0.39 is 0 Å². The second kappa shape index (κ2) is 10.6. The van der Waals surface area contributed by atoms with Crippen LogP contribution in [-0.2, 0) is 0 Å². The molecule has 1 atom stereocenters. The van der Waals surface area contributed by atoms with Gasteiger partial charge in [-0.25, -0.2) is 0 Å². The number of carbonyl (C=O) groups is 1. The number of benzene rings is 2. The molecule has 2 heterocycles. The highest BCUT2D eigenvalue weighted by Crippen LogP contribution is 2.45. The first-order valence-corrected chi connectivity index (χ1v) is 12.1. The highest BCUT2D eigenvalue weighted by atomic mass is 16.5. The molecule has 7 heteroatoms. The van der Waals surface area contributed by atoms with Crippen molar-refractivity contribution >= 4 is 5.91 Å². The van der Waals surface area contributed by atoms with Gasteiger partial charge in [0.25, 0.3) is 5.91 Å². The van der Waals surface area contributed by atoms with E-state index in [1.165, 1.54) is 12.8 Å². The number of hydrogen-bond donors (Lipinski definition) is 2. The first-order valence-electron chi connectivity index (χ1n) is 12.1. The SMILES string of the molecule is CCCCCCOc1ccc([C@H]2c3c(-c4ccccc4O)n[nH]c3C(=O)N2CCC)cc1OC. The highest BCUT2D eigenvalue weighted by Gasteiger charge is 2.42. The molecule has 1 aromatic heterocycles. The number of rotatable bonds is 11. The van der Waals surface area contributed by atoms with Crippen LogP contribution in [0.2, 0.25) is 0 Å². The first kappa shape index (κ1) is 23.7. The molecule has 7 nitrogen and oxygen atoms in total. The summed E-state index contributed by atoms with van der Waals surface area (Å²) in [5, 5.41) is 17.8. The summed E-state index contributed by atoms with van der Waals surface area (Å²) < 4.78 is 11.7. The second-order valence-corrected chi connectivity index (χ2v) is 8.60. The van der Waals surface area contributed by atoms with E-state index in [0.717, 1.165) is 30.4 Å². The molecule has 3 aromatic rings. The Morgan fingerprint density at radius 3 is 2.62 bits per heavy atom. The minimum absolute atomic E-state index is 0.0914. The summed E-state index contributed by atoms with van der Waals surface area (Å²) in [6.07, 6.45) is 5.36. The molecule has 0 radical (unpaired) electrons. The van der Waals surface area contributed by atoms with Crippen LogP contribution in [0.3, 0.4) is 0 Å². The molecule has 2 N–H and O–H groups in total. The Hall–Kier alpha value is -3.48. The zero-order valence-electron chi connectivity index (χ0n) is 20.1. The van der Waals surface area contributed by atoms with Crippen LogP contribution >= 0.6 is 0 Å². The van der Waals surface area contributed by atoms with Crippen molar-refractivity contribution in [2.24, 2.45) is 0 Å². The zero-order valence-corrected chi connectivity index (χ0v) is 20.1. The molecule has 1 aliphatic rings. The fourth-order valence-corrected chi connectivity index (χ4v) is 4.58. The van der Waals surface area contributed by atoms with Crippen molar-refractivity contribution in [1.29, 1.82) is 0 Å². The van der Waals surface area contributed by atoms with E-state index in [0.29, 0.717) is 41.6 Å². The molecule has 0 spiro atoms. The molecule has 0 unspecified atom stereocenters. The van der Waals surface area contributed by atoms with Crippen LogP contribution in [0.1, 0.15) is 73.6 Å². The average molecular weight is 464 g/mol. The summed E-state index contributed by atoms with van der Waals surface area (Å²) in [6.45, 7) is 5.48. The first-order chi connectivity index (χ1) is 16.6. The van der Waals surface area contributed by atoms with Gasteiger partial charge in [-0.1, -0.05) is 51.3 Å². The van der Waals surface area contributed by atoms with Crippen LogP contribution in [0, 0.1) is 0 Å². The molecule has 34 heavy (non-hydrogen) atoms. The molecule has 0 aliphatic carbocycles. The Kier molecular flexibility index (Phi) is 7.40. The van der Waals surface area contributed by atoms with Gasteiger partial charge in [0.2, 0.25) is 0 Å². The summed E-state index contributed by atoms with van der Waals surface area (Å²) in [6, 6.07) is 12.6. The molecular formula is C27H33N3O4. The fourth-order valence-electron chi connectivity index (χ4n) is 4.58. The number of hydrogen-bond acceptors (Lipinski definition) is 5. The third-order valence-corrected chi connectivity index (χ3v) is 6.25. The van der Waals surface area contributed by atoms with Gasteiger partial charge in [0.05, 0.1) is 19.8 Å². The zero-order chi connectivity index (χ0) is 24.1. The second-order valence-electron chi connectivity index (χ2n) is 8.60. The van der Waals surface area contributed by atoms with Gasteiger partial charge >= 0.3 is 0 Å². The number of aromatic nitrogens is 2. The number of fused-ring (bicyclic) bond motifs is 1. The monoisotopic (exact) mass is 463 g/mol. The number of aromatic hydroxyl groups is 1. The van der Waals surface area contributed by atoms with Crippen LogP contribution in [0.5, 0.6) is 17.2 Å². The quantitative estimate of drug-likeness (QED) is 0.356. The van der Waals surface area contributed by atoms with Gasteiger partial charge < -0.3 is 19.5 Å². The van der Waals surface area contributed by atoms with Crippen LogP contribution in [-0.4, -0.2) is 46.4 Å². The van der Waals surface area contributed by atoms with E-state index >= 15 is 0 Å². The van der Waals surface area contributed by atoms with Crippen molar-refractivity contribution in [1.82, 2.24) is 15.1 Å². The number of nitrogens with zero attached hydrogens (tertiary/aromatic N) is 2. The summed E-state index contributed by atoms with van der Waals surface area (Å²) >= 11 is 0. The molecule has 0 fully saturated rings. The van der Waals surface area contributed by atoms with Crippen molar-refractivity contribution in [3.8, 4) is 28.5 Å². The lowest BCUT2D eigenvalue weighted by Gasteiger charge is -2.26. The normalized spacial score (nSPS) is 15.0. The Labute approximate surface area is 200 Å². The summed E-state index contributed by atoms with van der Waals surface area (Å²) in [5.74, 6) is 1.37. The van der Waals surface area contributed by atoms with Gasteiger partial charge in [-0.2, -0.15) is 5.10 Å². The number of methoxy groups -OCH3 is 1. The molecule has 4 rings (SSSR count). The smallest absolute Gasteiger partial charge is 0.273 e. The van der Waals surface area contributed by atoms with Gasteiger partial charge in [0.1, 0.15) is 17.1 Å². The Morgan fingerprint density at radius 1 is 1.06 bits per heavy atom. The average Bonchev–Trinajstić information content (AvgIpc) is 3.39. The predicted octanol–water partition coefficient (Wildman–Crippen LogP) is 5.71. The van der Waals surface area contributed by atoms with Crippen molar-refractivity contribution < 1.29 is 19.4 Å². The molecule has 1 aliphatic heterocycles. The minimum Gasteiger partial charge on any atom is -0.507 e. The number of phenolic OH excluding ortho intramolecular Hbond substituents is 1. The van der Waals surface area contributed by atoms with Gasteiger partial charge in [0.15, 0.2) is 11.5 Å². The van der Waals surface area contributed by atoms with Crippen molar-refractivity contribution in [3.63, 3.8) is 0 Å². The van der Waals surface area contributed by atoms with Crippen LogP contribution in [0.15, 0.2) is 42.5 Å². The van der Waals surface area contributed by atoms with E-state index in [1.54, 1.807) is 19.2 Å². The summed E-state index contributed by atoms with van der Waals surface area (Å²) in [4.78, 5) is 15.1. The number of nitrogens with one attached hydrogen (secondary N) is 1. The number of carbonyl (C=O) groups excluding carboxylic acids is 1. The standard InChI is InChI=1S/C27H33N3O4/c1-4-6-7-10-16-34-21-14-13-18(17-22(21)33-3)26-23-24(19-11-8-9-12-20(19)31)28-29-25(23)27(32)30(26)15-5-2/h8-9,11-14,17,26,31H,4-7,10,15-16H2,1-3H3,(H,28,29)/t26-/m0/s1. The van der Waals surface area contributed by atoms with E-state index in [1.807, 2.05) is 35.2 Å². The topological polar surface area (TPSA) is 87.7 Å². The minimum atomic E-state index is -0.344. The lowest BCUT2D eigenvalue weighted by molar-refractivity contribution is 0.0743. The van der Waals surface area contributed by atoms with Gasteiger partial charge in [-0.15, -0.1) is 0 Å². The predicted molar refractivity (Wildman–Crippen MR) is 131 cm³/mol. The van der Waals surface area contributed by atoms with Crippen LogP contribution in [0.25, 0.3) is 11.3 Å². The number of aromatic amines is 1. The maximum absolute atomic E-state index is 13.3. The van der Waals surface area contributed by atoms with E-state index in [4.69, 9.17) is 9.47 Å². The number of ether oxygens (including phenoxy) is 2. The van der Waals surface area contributed by atoms with Crippen molar-refractivity contribution in [2.75, 3.05) is 20.3 Å². The fraction of sp³-hybridized carbons (Fsp3) is 0.407. The maximum atomic E-state index is 13.3. The Morgan fingerprint density at radius 2 is 1.88 bits per heavy atom. The summed E-state index contributed by atoms with van der Waals surface area (Å²) in [7, 11) is 1.63. The molecular weight excluding hydrogens is 430 g/mol. The highest BCUT2D eigenvalue weighted by molar-refractivity contribution is 6.00. The third kappa shape index (κ3) is 4.47. The molecule has 180 valence electrons. The Bertz CT molecular complexity index is 1140. The van der Waals surface area contributed by atoms with Crippen LogP contribution < -0.4 is 9.47 Å². The number of phenols is 1. The van der Waals surface area contributed by atoms with Gasteiger partial charge in [0, 0.05) is 17.7 Å². The van der Waals surface area contributed by atoms with Crippen molar-refractivity contribution in [3.05, 3.63) is 59.3 Å². The van der Waals surface area contributed by atoms with Crippen molar-refractivity contribution in [2.45, 2.75) is 52.0 Å². The number of amides is 1. The molecule has 2 aromatic carbocycles. The molecule has 0 saturated heterocycles. The number of H-pyrrole nitrogens is 1. The number of unbranched alkanes of at least 4 members (excludes halogenated alkanes) is 3. The largest absolute Gasteiger partial charge is 0.507 e. The van der Waals surface area contributed by atoms with Gasteiger partial charge in [-0.05, 0) is 42.7 Å².